The molecule has 0 radical (unpaired) electrons. The zero-order valence-corrected chi connectivity index (χ0v) is 9.23. The minimum absolute atomic E-state index is 0.315. The van der Waals surface area contributed by atoms with Crippen LogP contribution in [0.15, 0.2) is 0 Å². The van der Waals surface area contributed by atoms with Crippen LogP contribution in [0.4, 0.5) is 0 Å². The number of nitrogens with zero attached hydrogens (tertiary/aromatic N) is 1. The summed E-state index contributed by atoms with van der Waals surface area (Å²) < 4.78 is 31.4. The van der Waals surface area contributed by atoms with E-state index in [-0.39, 0.29) is 0 Å². The second-order valence-electron chi connectivity index (χ2n) is 2.48. The van der Waals surface area contributed by atoms with Gasteiger partial charge in [0.25, 0.3) is 10.2 Å². The Hall–Kier alpha value is -0.170. The van der Waals surface area contributed by atoms with Crippen LogP contribution < -0.4 is 4.72 Å². The lowest BCUT2D eigenvalue weighted by molar-refractivity contribution is 0.203. The standard InChI is InChI=1S/C7H18N2O3S/c1-4-9(5-2)13(10,11)8-6-7-12-3/h8H,4-7H2,1-3H3. The molecule has 5 nitrogen and oxygen atoms in total. The summed E-state index contributed by atoms with van der Waals surface area (Å²) in [7, 11) is -1.76. The summed E-state index contributed by atoms with van der Waals surface area (Å²) in [6, 6.07) is 0. The van der Waals surface area contributed by atoms with Crippen LogP contribution in [0.2, 0.25) is 0 Å². The molecule has 80 valence electrons. The Morgan fingerprint density at radius 1 is 1.31 bits per heavy atom. The summed E-state index contributed by atoms with van der Waals surface area (Å²) in [5.41, 5.74) is 0. The van der Waals surface area contributed by atoms with E-state index >= 15 is 0 Å². The average Bonchev–Trinajstić information content (AvgIpc) is 2.06. The van der Waals surface area contributed by atoms with Gasteiger partial charge in [0, 0.05) is 26.7 Å². The smallest absolute Gasteiger partial charge is 0.279 e. The van der Waals surface area contributed by atoms with Gasteiger partial charge in [-0.25, -0.2) is 0 Å². The van der Waals surface area contributed by atoms with E-state index in [1.165, 1.54) is 11.4 Å². The van der Waals surface area contributed by atoms with E-state index in [1.807, 2.05) is 0 Å². The zero-order valence-electron chi connectivity index (χ0n) is 8.41. The maximum Gasteiger partial charge on any atom is 0.279 e. The maximum absolute atomic E-state index is 11.4. The molecule has 0 aliphatic carbocycles. The molecule has 0 heterocycles. The van der Waals surface area contributed by atoms with Gasteiger partial charge in [0.05, 0.1) is 6.61 Å². The first kappa shape index (κ1) is 12.8. The van der Waals surface area contributed by atoms with Crippen molar-refractivity contribution in [1.29, 1.82) is 0 Å². The quantitative estimate of drug-likeness (QED) is 0.592. The van der Waals surface area contributed by atoms with Crippen molar-refractivity contribution in [3.05, 3.63) is 0 Å². The van der Waals surface area contributed by atoms with Crippen LogP contribution in [0, 0.1) is 0 Å². The summed E-state index contributed by atoms with van der Waals surface area (Å²) in [6.45, 7) is 5.28. The molecule has 0 saturated heterocycles. The van der Waals surface area contributed by atoms with Gasteiger partial charge >= 0.3 is 0 Å². The van der Waals surface area contributed by atoms with Crippen LogP contribution in [-0.2, 0) is 14.9 Å². The van der Waals surface area contributed by atoms with Gasteiger partial charge in [0.2, 0.25) is 0 Å². The van der Waals surface area contributed by atoms with E-state index in [4.69, 9.17) is 4.74 Å². The van der Waals surface area contributed by atoms with E-state index in [0.29, 0.717) is 26.2 Å². The van der Waals surface area contributed by atoms with E-state index in [2.05, 4.69) is 4.72 Å². The van der Waals surface area contributed by atoms with Crippen LogP contribution in [-0.4, -0.2) is 46.1 Å². The predicted octanol–water partition coefficient (Wildman–Crippen LogP) is -0.191. The molecule has 0 atom stereocenters. The minimum atomic E-state index is -3.29. The summed E-state index contributed by atoms with van der Waals surface area (Å²) in [6.07, 6.45) is 0. The third-order valence-corrected chi connectivity index (χ3v) is 3.40. The molecule has 0 aliphatic rings. The first-order chi connectivity index (χ1) is 6.08. The monoisotopic (exact) mass is 210 g/mol. The van der Waals surface area contributed by atoms with Crippen molar-refractivity contribution in [2.75, 3.05) is 33.4 Å². The van der Waals surface area contributed by atoms with Crippen LogP contribution in [0.3, 0.4) is 0 Å². The molecule has 1 N–H and O–H groups in total. The highest BCUT2D eigenvalue weighted by Gasteiger charge is 2.16. The van der Waals surface area contributed by atoms with E-state index < -0.39 is 10.2 Å². The number of nitrogens with one attached hydrogen (secondary N) is 1. The van der Waals surface area contributed by atoms with Crippen molar-refractivity contribution in [2.45, 2.75) is 13.8 Å². The van der Waals surface area contributed by atoms with Gasteiger partial charge in [-0.15, -0.1) is 0 Å². The summed E-state index contributed by atoms with van der Waals surface area (Å²) in [4.78, 5) is 0. The van der Waals surface area contributed by atoms with Crippen LogP contribution in [0.1, 0.15) is 13.8 Å². The average molecular weight is 210 g/mol. The van der Waals surface area contributed by atoms with Gasteiger partial charge in [-0.2, -0.15) is 17.4 Å². The molecule has 0 unspecified atom stereocenters. The predicted molar refractivity (Wildman–Crippen MR) is 51.7 cm³/mol. The lowest BCUT2D eigenvalue weighted by atomic mass is 10.7. The second kappa shape index (κ2) is 6.31. The number of ether oxygens (including phenoxy) is 1. The molecule has 0 saturated carbocycles. The molecule has 13 heavy (non-hydrogen) atoms. The van der Waals surface area contributed by atoms with Gasteiger partial charge < -0.3 is 4.74 Å². The van der Waals surface area contributed by atoms with Crippen molar-refractivity contribution in [3.63, 3.8) is 0 Å². The fraction of sp³-hybridized carbons (Fsp3) is 1.00. The van der Waals surface area contributed by atoms with Gasteiger partial charge in [-0.1, -0.05) is 13.8 Å². The Morgan fingerprint density at radius 3 is 2.23 bits per heavy atom. The first-order valence-corrected chi connectivity index (χ1v) is 5.76. The molecule has 0 rings (SSSR count). The Morgan fingerprint density at radius 2 is 1.85 bits per heavy atom. The van der Waals surface area contributed by atoms with Crippen molar-refractivity contribution in [1.82, 2.24) is 9.03 Å². The fourth-order valence-corrected chi connectivity index (χ4v) is 2.13. The largest absolute Gasteiger partial charge is 0.383 e. The van der Waals surface area contributed by atoms with Crippen molar-refractivity contribution in [3.8, 4) is 0 Å². The molecular weight excluding hydrogens is 192 g/mol. The summed E-state index contributed by atoms with van der Waals surface area (Å²) >= 11 is 0. The van der Waals surface area contributed by atoms with Gasteiger partial charge in [-0.3, -0.25) is 0 Å². The van der Waals surface area contributed by atoms with Gasteiger partial charge in [-0.05, 0) is 0 Å². The molecule has 0 bridgehead atoms. The lowest BCUT2D eigenvalue weighted by Gasteiger charge is -2.18. The molecule has 0 aromatic rings. The van der Waals surface area contributed by atoms with Crippen molar-refractivity contribution in [2.24, 2.45) is 0 Å². The number of rotatable bonds is 7. The summed E-state index contributed by atoms with van der Waals surface area (Å²) in [5.74, 6) is 0. The number of methoxy groups -OCH3 is 1. The normalized spacial score (nSPS) is 12.3. The number of hydrogen-bond donors (Lipinski definition) is 1. The third-order valence-electron chi connectivity index (χ3n) is 1.64. The van der Waals surface area contributed by atoms with Crippen molar-refractivity contribution < 1.29 is 13.2 Å². The lowest BCUT2D eigenvalue weighted by Crippen LogP contribution is -2.41. The summed E-state index contributed by atoms with van der Waals surface area (Å²) in [5, 5.41) is 0. The molecule has 0 amide bonds. The molecule has 0 fully saturated rings. The highest BCUT2D eigenvalue weighted by molar-refractivity contribution is 7.87. The van der Waals surface area contributed by atoms with Gasteiger partial charge in [0.15, 0.2) is 0 Å². The highest BCUT2D eigenvalue weighted by Crippen LogP contribution is 1.95. The molecule has 0 aliphatic heterocycles. The Balaban J connectivity index is 4.05. The molecule has 6 heteroatoms. The van der Waals surface area contributed by atoms with Crippen molar-refractivity contribution >= 4 is 10.2 Å². The van der Waals surface area contributed by atoms with Crippen LogP contribution >= 0.6 is 0 Å². The fourth-order valence-electron chi connectivity index (χ4n) is 0.928. The Kier molecular flexibility index (Phi) is 6.23. The molecule has 0 spiro atoms. The second-order valence-corrected chi connectivity index (χ2v) is 4.23. The zero-order chi connectivity index (χ0) is 10.3. The minimum Gasteiger partial charge on any atom is -0.383 e. The van der Waals surface area contributed by atoms with E-state index in [0.717, 1.165) is 0 Å². The maximum atomic E-state index is 11.4. The van der Waals surface area contributed by atoms with E-state index in [1.54, 1.807) is 13.8 Å². The Bertz CT molecular complexity index is 212. The van der Waals surface area contributed by atoms with E-state index in [9.17, 15) is 8.42 Å². The molecule has 0 aromatic heterocycles. The molecule has 0 aromatic carbocycles. The topological polar surface area (TPSA) is 58.6 Å². The SMILES string of the molecule is CCN(CC)S(=O)(=O)NCCOC. The van der Waals surface area contributed by atoms with Crippen LogP contribution in [0.25, 0.3) is 0 Å². The third kappa shape index (κ3) is 4.56. The van der Waals surface area contributed by atoms with Crippen LogP contribution in [0.5, 0.6) is 0 Å². The van der Waals surface area contributed by atoms with Gasteiger partial charge in [0.1, 0.15) is 0 Å². The molecular formula is C7H18N2O3S. The number of hydrogen-bond acceptors (Lipinski definition) is 3. The first-order valence-electron chi connectivity index (χ1n) is 4.32. The Labute approximate surface area is 80.2 Å². The highest BCUT2D eigenvalue weighted by atomic mass is 32.2.